The van der Waals surface area contributed by atoms with Crippen molar-refractivity contribution in [2.75, 3.05) is 4.31 Å². The Balaban J connectivity index is 1.33. The maximum Gasteiger partial charge on any atom is 0.264 e. The Morgan fingerprint density at radius 2 is 1.81 bits per heavy atom. The lowest BCUT2D eigenvalue weighted by Gasteiger charge is -2.25. The van der Waals surface area contributed by atoms with E-state index in [1.54, 1.807) is 61.1 Å². The number of hydrogen-bond acceptors (Lipinski definition) is 6. The van der Waals surface area contributed by atoms with Gasteiger partial charge in [0.1, 0.15) is 0 Å². The SMILES string of the molecule is N#Cc1ccc(Cn2cncc2CN(c2ccc3sc(C(=O)NC4CCCC4)cc3c2)S(=O)(=O)c2ccccc2)cc1. The molecular weight excluding hydrogens is 567 g/mol. The number of carbonyl (C=O) groups is 1. The Morgan fingerprint density at radius 1 is 1.05 bits per heavy atom. The lowest BCUT2D eigenvalue weighted by Crippen LogP contribution is -2.31. The van der Waals surface area contributed by atoms with Gasteiger partial charge in [-0.25, -0.2) is 13.4 Å². The standard InChI is InChI=1S/C32H29N5O3S2/c33-18-23-10-12-24(13-11-23)20-36-22-34-19-28(36)21-37(42(39,40)29-8-2-1-3-9-29)27-14-15-30-25(16-27)17-31(41-30)32(38)35-26-6-4-5-7-26/h1-3,8-17,19,22,26H,4-7,20-21H2,(H,35,38). The average Bonchev–Trinajstić information content (AvgIpc) is 3.78. The van der Waals surface area contributed by atoms with E-state index in [1.807, 2.05) is 34.9 Å². The first-order chi connectivity index (χ1) is 20.4. The van der Waals surface area contributed by atoms with Gasteiger partial charge in [-0.05, 0) is 72.3 Å². The van der Waals surface area contributed by atoms with Crippen molar-refractivity contribution in [1.82, 2.24) is 14.9 Å². The molecule has 0 saturated heterocycles. The number of thiophene rings is 1. The molecule has 1 aliphatic rings. The van der Waals surface area contributed by atoms with E-state index in [4.69, 9.17) is 5.26 Å². The quantitative estimate of drug-likeness (QED) is 0.222. The zero-order chi connectivity index (χ0) is 29.1. The molecule has 0 aliphatic heterocycles. The molecule has 2 heterocycles. The van der Waals surface area contributed by atoms with Gasteiger partial charge in [0.15, 0.2) is 0 Å². The summed E-state index contributed by atoms with van der Waals surface area (Å²) in [6.07, 6.45) is 7.64. The number of aromatic nitrogens is 2. The van der Waals surface area contributed by atoms with Gasteiger partial charge in [0, 0.05) is 23.5 Å². The van der Waals surface area contributed by atoms with E-state index in [1.165, 1.54) is 15.6 Å². The number of anilines is 1. The molecule has 0 radical (unpaired) electrons. The van der Waals surface area contributed by atoms with Crippen molar-refractivity contribution in [2.24, 2.45) is 0 Å². The second kappa shape index (κ2) is 11.8. The van der Waals surface area contributed by atoms with Gasteiger partial charge in [-0.15, -0.1) is 11.3 Å². The van der Waals surface area contributed by atoms with Crippen LogP contribution in [0.2, 0.25) is 0 Å². The van der Waals surface area contributed by atoms with Crippen LogP contribution in [0.15, 0.2) is 96.3 Å². The molecular formula is C32H29N5O3S2. The Kier molecular flexibility index (Phi) is 7.78. The highest BCUT2D eigenvalue weighted by molar-refractivity contribution is 7.92. The number of nitrogens with zero attached hydrogens (tertiary/aromatic N) is 4. The summed E-state index contributed by atoms with van der Waals surface area (Å²) in [7, 11) is -3.94. The van der Waals surface area contributed by atoms with Crippen LogP contribution in [0.4, 0.5) is 5.69 Å². The van der Waals surface area contributed by atoms with Gasteiger partial charge in [0.2, 0.25) is 0 Å². The summed E-state index contributed by atoms with van der Waals surface area (Å²) in [4.78, 5) is 18.1. The number of imidazole rings is 1. The second-order valence-electron chi connectivity index (χ2n) is 10.4. The number of carbonyl (C=O) groups excluding carboxylic acids is 1. The van der Waals surface area contributed by atoms with E-state index < -0.39 is 10.0 Å². The number of amides is 1. The number of fused-ring (bicyclic) bond motifs is 1. The van der Waals surface area contributed by atoms with Gasteiger partial charge >= 0.3 is 0 Å². The van der Waals surface area contributed by atoms with E-state index in [-0.39, 0.29) is 23.4 Å². The smallest absolute Gasteiger partial charge is 0.264 e. The number of nitriles is 1. The minimum Gasteiger partial charge on any atom is -0.349 e. The molecule has 0 atom stereocenters. The molecule has 6 rings (SSSR count). The lowest BCUT2D eigenvalue weighted by molar-refractivity contribution is 0.0942. The third kappa shape index (κ3) is 5.79. The van der Waals surface area contributed by atoms with Crippen LogP contribution in [0.3, 0.4) is 0 Å². The molecule has 8 nitrogen and oxygen atoms in total. The summed E-state index contributed by atoms with van der Waals surface area (Å²) < 4.78 is 32.3. The Hall–Kier alpha value is -4.46. The lowest BCUT2D eigenvalue weighted by atomic mass is 10.1. The summed E-state index contributed by atoms with van der Waals surface area (Å²) in [5.41, 5.74) is 2.75. The van der Waals surface area contributed by atoms with Crippen molar-refractivity contribution in [3.8, 4) is 6.07 Å². The first kappa shape index (κ1) is 27.7. The number of benzene rings is 3. The minimum absolute atomic E-state index is 0.0537. The molecule has 0 bridgehead atoms. The minimum atomic E-state index is -3.94. The predicted molar refractivity (Wildman–Crippen MR) is 164 cm³/mol. The second-order valence-corrected chi connectivity index (χ2v) is 13.4. The van der Waals surface area contributed by atoms with Crippen molar-refractivity contribution in [2.45, 2.75) is 49.7 Å². The first-order valence-corrected chi connectivity index (χ1v) is 16.1. The topological polar surface area (TPSA) is 108 Å². The summed E-state index contributed by atoms with van der Waals surface area (Å²) in [6, 6.07) is 25.3. The van der Waals surface area contributed by atoms with Gasteiger partial charge in [-0.1, -0.05) is 43.2 Å². The van der Waals surface area contributed by atoms with Gasteiger partial charge in [0.05, 0.1) is 45.7 Å². The van der Waals surface area contributed by atoms with Crippen molar-refractivity contribution < 1.29 is 13.2 Å². The van der Waals surface area contributed by atoms with Crippen molar-refractivity contribution in [1.29, 1.82) is 5.26 Å². The average molecular weight is 596 g/mol. The molecule has 5 aromatic rings. The van der Waals surface area contributed by atoms with Crippen LogP contribution < -0.4 is 9.62 Å². The molecule has 1 aliphatic carbocycles. The third-order valence-electron chi connectivity index (χ3n) is 7.57. The normalized spacial score (nSPS) is 13.7. The Morgan fingerprint density at radius 3 is 2.55 bits per heavy atom. The van der Waals surface area contributed by atoms with Gasteiger partial charge in [-0.3, -0.25) is 9.10 Å². The summed E-state index contributed by atoms with van der Waals surface area (Å²) in [5, 5.41) is 13.1. The highest BCUT2D eigenvalue weighted by Crippen LogP contribution is 2.33. The molecule has 1 N–H and O–H groups in total. The molecule has 1 amide bonds. The Bertz CT molecular complexity index is 1870. The van der Waals surface area contributed by atoms with Crippen LogP contribution in [0, 0.1) is 11.3 Å². The van der Waals surface area contributed by atoms with Crippen LogP contribution in [-0.4, -0.2) is 29.9 Å². The van der Waals surface area contributed by atoms with Gasteiger partial charge < -0.3 is 9.88 Å². The molecule has 1 fully saturated rings. The fraction of sp³-hybridized carbons (Fsp3) is 0.219. The summed E-state index contributed by atoms with van der Waals surface area (Å²) in [6.45, 7) is 0.529. The fourth-order valence-electron chi connectivity index (χ4n) is 5.31. The van der Waals surface area contributed by atoms with Crippen molar-refractivity contribution in [3.63, 3.8) is 0 Å². The first-order valence-electron chi connectivity index (χ1n) is 13.8. The van der Waals surface area contributed by atoms with Crippen LogP contribution in [0.1, 0.15) is 52.2 Å². The molecule has 1 saturated carbocycles. The predicted octanol–water partition coefficient (Wildman–Crippen LogP) is 6.09. The Labute approximate surface area is 248 Å². The van der Waals surface area contributed by atoms with Gasteiger partial charge in [-0.2, -0.15) is 5.26 Å². The summed E-state index contributed by atoms with van der Waals surface area (Å²) >= 11 is 1.41. The maximum atomic E-state index is 14.0. The van der Waals surface area contributed by atoms with E-state index in [9.17, 15) is 13.2 Å². The molecule has 2 aromatic heterocycles. The summed E-state index contributed by atoms with van der Waals surface area (Å²) in [5.74, 6) is -0.0786. The zero-order valence-electron chi connectivity index (χ0n) is 22.8. The molecule has 0 unspecified atom stereocenters. The van der Waals surface area contributed by atoms with E-state index in [0.29, 0.717) is 28.4 Å². The van der Waals surface area contributed by atoms with Crippen molar-refractivity contribution >= 4 is 43.0 Å². The monoisotopic (exact) mass is 595 g/mol. The maximum absolute atomic E-state index is 14.0. The van der Waals surface area contributed by atoms with Crippen molar-refractivity contribution in [3.05, 3.63) is 113 Å². The number of sulfonamides is 1. The van der Waals surface area contributed by atoms with E-state index in [0.717, 1.165) is 41.3 Å². The number of rotatable bonds is 9. The largest absolute Gasteiger partial charge is 0.349 e. The number of nitrogens with one attached hydrogen (secondary N) is 1. The van der Waals surface area contributed by atoms with Crippen LogP contribution in [0.25, 0.3) is 10.1 Å². The molecule has 3 aromatic carbocycles. The molecule has 212 valence electrons. The number of hydrogen-bond donors (Lipinski definition) is 1. The van der Waals surface area contributed by atoms with Crippen LogP contribution in [0.5, 0.6) is 0 Å². The molecule has 10 heteroatoms. The highest BCUT2D eigenvalue weighted by Gasteiger charge is 2.27. The molecule has 0 spiro atoms. The molecule has 42 heavy (non-hydrogen) atoms. The van der Waals surface area contributed by atoms with Crippen LogP contribution in [-0.2, 0) is 23.1 Å². The highest BCUT2D eigenvalue weighted by atomic mass is 32.2. The van der Waals surface area contributed by atoms with Crippen LogP contribution >= 0.6 is 11.3 Å². The van der Waals surface area contributed by atoms with E-state index >= 15 is 0 Å². The zero-order valence-corrected chi connectivity index (χ0v) is 24.4. The van der Waals surface area contributed by atoms with E-state index in [2.05, 4.69) is 16.4 Å². The third-order valence-corrected chi connectivity index (χ3v) is 10.5. The fourth-order valence-corrected chi connectivity index (χ4v) is 7.71. The van der Waals surface area contributed by atoms with Gasteiger partial charge in [0.25, 0.3) is 15.9 Å².